The molecule has 0 atom stereocenters. The van der Waals surface area contributed by atoms with E-state index in [9.17, 15) is 5.11 Å². The SMILES string of the molecule is CCn1nccc1C1(O)CCC(C)CC1. The molecule has 1 aromatic heterocycles. The molecule has 3 heteroatoms. The van der Waals surface area contributed by atoms with Crippen molar-refractivity contribution in [1.82, 2.24) is 9.78 Å². The van der Waals surface area contributed by atoms with Gasteiger partial charge < -0.3 is 5.11 Å². The average Bonchev–Trinajstić information content (AvgIpc) is 2.71. The van der Waals surface area contributed by atoms with Crippen LogP contribution in [-0.4, -0.2) is 14.9 Å². The summed E-state index contributed by atoms with van der Waals surface area (Å²) in [6, 6.07) is 1.96. The number of hydrogen-bond acceptors (Lipinski definition) is 2. The highest BCUT2D eigenvalue weighted by Gasteiger charge is 2.35. The molecule has 84 valence electrons. The van der Waals surface area contributed by atoms with E-state index in [0.717, 1.165) is 43.8 Å². The zero-order valence-electron chi connectivity index (χ0n) is 9.61. The Morgan fingerprint density at radius 1 is 1.53 bits per heavy atom. The van der Waals surface area contributed by atoms with Gasteiger partial charge in [-0.25, -0.2) is 0 Å². The molecule has 0 aromatic carbocycles. The molecule has 0 amide bonds. The summed E-state index contributed by atoms with van der Waals surface area (Å²) in [4.78, 5) is 0. The molecular formula is C12H20N2O. The zero-order valence-corrected chi connectivity index (χ0v) is 9.61. The predicted octanol–water partition coefficient (Wildman–Crippen LogP) is 2.30. The van der Waals surface area contributed by atoms with E-state index in [0.29, 0.717) is 0 Å². The van der Waals surface area contributed by atoms with E-state index in [2.05, 4.69) is 18.9 Å². The number of nitrogens with zero attached hydrogens (tertiary/aromatic N) is 2. The van der Waals surface area contributed by atoms with Crippen molar-refractivity contribution in [3.05, 3.63) is 18.0 Å². The summed E-state index contributed by atoms with van der Waals surface area (Å²) in [6.45, 7) is 5.15. The molecule has 1 heterocycles. The molecule has 0 saturated heterocycles. The molecule has 0 spiro atoms. The average molecular weight is 208 g/mol. The quantitative estimate of drug-likeness (QED) is 0.809. The molecule has 0 bridgehead atoms. The fraction of sp³-hybridized carbons (Fsp3) is 0.750. The molecule has 0 unspecified atom stereocenters. The second-order valence-corrected chi connectivity index (χ2v) is 4.75. The molecule has 0 aliphatic heterocycles. The number of hydrogen-bond donors (Lipinski definition) is 1. The van der Waals surface area contributed by atoms with Gasteiger partial charge in [0.25, 0.3) is 0 Å². The molecule has 15 heavy (non-hydrogen) atoms. The maximum atomic E-state index is 10.6. The van der Waals surface area contributed by atoms with Crippen LogP contribution in [0.3, 0.4) is 0 Å². The third-order valence-corrected chi connectivity index (χ3v) is 3.59. The van der Waals surface area contributed by atoms with E-state index >= 15 is 0 Å². The minimum atomic E-state index is -0.626. The fourth-order valence-electron chi connectivity index (χ4n) is 2.48. The second kappa shape index (κ2) is 3.97. The lowest BCUT2D eigenvalue weighted by Gasteiger charge is -2.35. The van der Waals surface area contributed by atoms with Crippen molar-refractivity contribution in [1.29, 1.82) is 0 Å². The van der Waals surface area contributed by atoms with Gasteiger partial charge in [0.15, 0.2) is 0 Å². The van der Waals surface area contributed by atoms with Gasteiger partial charge in [-0.15, -0.1) is 0 Å². The Balaban J connectivity index is 2.22. The lowest BCUT2D eigenvalue weighted by Crippen LogP contribution is -2.33. The molecule has 1 N–H and O–H groups in total. The van der Waals surface area contributed by atoms with Gasteiger partial charge in [0.2, 0.25) is 0 Å². The monoisotopic (exact) mass is 208 g/mol. The van der Waals surface area contributed by atoms with Crippen LogP contribution in [-0.2, 0) is 12.1 Å². The smallest absolute Gasteiger partial charge is 0.106 e. The van der Waals surface area contributed by atoms with Crippen LogP contribution in [0.2, 0.25) is 0 Å². The van der Waals surface area contributed by atoms with E-state index in [4.69, 9.17) is 0 Å². The molecule has 2 rings (SSSR count). The Morgan fingerprint density at radius 3 is 2.80 bits per heavy atom. The highest BCUT2D eigenvalue weighted by Crippen LogP contribution is 2.38. The van der Waals surface area contributed by atoms with Crippen molar-refractivity contribution in [2.45, 2.75) is 51.7 Å². The minimum Gasteiger partial charge on any atom is -0.384 e. The van der Waals surface area contributed by atoms with Crippen molar-refractivity contribution in [2.24, 2.45) is 5.92 Å². The summed E-state index contributed by atoms with van der Waals surface area (Å²) in [5.41, 5.74) is 0.371. The second-order valence-electron chi connectivity index (χ2n) is 4.75. The molecular weight excluding hydrogens is 188 g/mol. The summed E-state index contributed by atoms with van der Waals surface area (Å²) in [5.74, 6) is 0.753. The van der Waals surface area contributed by atoms with Crippen LogP contribution in [0, 0.1) is 5.92 Å². The van der Waals surface area contributed by atoms with E-state index < -0.39 is 5.60 Å². The highest BCUT2D eigenvalue weighted by atomic mass is 16.3. The topological polar surface area (TPSA) is 38.0 Å². The summed E-state index contributed by atoms with van der Waals surface area (Å²) < 4.78 is 1.91. The Morgan fingerprint density at radius 2 is 2.20 bits per heavy atom. The standard InChI is InChI=1S/C12H20N2O/c1-3-14-11(6-9-13-14)12(15)7-4-10(2)5-8-12/h6,9-10,15H,3-5,7-8H2,1-2H3. The van der Waals surface area contributed by atoms with Crippen molar-refractivity contribution >= 4 is 0 Å². The van der Waals surface area contributed by atoms with E-state index in [1.165, 1.54) is 0 Å². The summed E-state index contributed by atoms with van der Waals surface area (Å²) in [5, 5.41) is 14.8. The molecule has 1 saturated carbocycles. The Bertz CT molecular complexity index is 324. The number of aryl methyl sites for hydroxylation is 1. The third kappa shape index (κ3) is 1.93. The van der Waals surface area contributed by atoms with Crippen molar-refractivity contribution in [3.8, 4) is 0 Å². The number of aromatic nitrogens is 2. The van der Waals surface area contributed by atoms with Crippen LogP contribution in [0.25, 0.3) is 0 Å². The van der Waals surface area contributed by atoms with E-state index in [-0.39, 0.29) is 0 Å². The van der Waals surface area contributed by atoms with Gasteiger partial charge in [0, 0.05) is 12.7 Å². The van der Waals surface area contributed by atoms with E-state index in [1.54, 1.807) is 6.20 Å². The molecule has 1 aliphatic rings. The highest BCUT2D eigenvalue weighted by molar-refractivity contribution is 5.13. The first-order valence-corrected chi connectivity index (χ1v) is 5.90. The first-order valence-electron chi connectivity index (χ1n) is 5.90. The molecule has 1 aliphatic carbocycles. The van der Waals surface area contributed by atoms with Gasteiger partial charge in [-0.3, -0.25) is 4.68 Å². The van der Waals surface area contributed by atoms with Crippen LogP contribution in [0.5, 0.6) is 0 Å². The minimum absolute atomic E-state index is 0.626. The molecule has 3 nitrogen and oxygen atoms in total. The largest absolute Gasteiger partial charge is 0.384 e. The first kappa shape index (κ1) is 10.7. The van der Waals surface area contributed by atoms with Gasteiger partial charge in [-0.2, -0.15) is 5.10 Å². The Kier molecular flexibility index (Phi) is 2.83. The van der Waals surface area contributed by atoms with Gasteiger partial charge in [-0.1, -0.05) is 6.92 Å². The molecule has 0 radical (unpaired) electrons. The lowest BCUT2D eigenvalue weighted by molar-refractivity contribution is -0.0195. The zero-order chi connectivity index (χ0) is 10.9. The van der Waals surface area contributed by atoms with Crippen LogP contribution < -0.4 is 0 Å². The van der Waals surface area contributed by atoms with Gasteiger partial charge in [-0.05, 0) is 44.6 Å². The molecule has 1 fully saturated rings. The van der Waals surface area contributed by atoms with Gasteiger partial charge in [0.1, 0.15) is 5.60 Å². The Labute approximate surface area is 91.1 Å². The summed E-state index contributed by atoms with van der Waals surface area (Å²) in [6.07, 6.45) is 5.77. The Hall–Kier alpha value is -0.830. The van der Waals surface area contributed by atoms with Crippen molar-refractivity contribution in [3.63, 3.8) is 0 Å². The maximum Gasteiger partial charge on any atom is 0.106 e. The van der Waals surface area contributed by atoms with Crippen molar-refractivity contribution in [2.75, 3.05) is 0 Å². The first-order chi connectivity index (χ1) is 7.15. The van der Waals surface area contributed by atoms with Crippen LogP contribution in [0.4, 0.5) is 0 Å². The number of aliphatic hydroxyl groups is 1. The molecule has 1 aromatic rings. The van der Waals surface area contributed by atoms with Crippen LogP contribution in [0.15, 0.2) is 12.3 Å². The van der Waals surface area contributed by atoms with Gasteiger partial charge >= 0.3 is 0 Å². The van der Waals surface area contributed by atoms with Crippen molar-refractivity contribution < 1.29 is 5.11 Å². The third-order valence-electron chi connectivity index (χ3n) is 3.59. The van der Waals surface area contributed by atoms with Crippen LogP contribution in [0.1, 0.15) is 45.2 Å². The maximum absolute atomic E-state index is 10.6. The number of rotatable bonds is 2. The van der Waals surface area contributed by atoms with Gasteiger partial charge in [0.05, 0.1) is 5.69 Å². The fourth-order valence-corrected chi connectivity index (χ4v) is 2.48. The van der Waals surface area contributed by atoms with Crippen LogP contribution >= 0.6 is 0 Å². The lowest BCUT2D eigenvalue weighted by atomic mass is 9.78. The summed E-state index contributed by atoms with van der Waals surface area (Å²) >= 11 is 0. The van der Waals surface area contributed by atoms with E-state index in [1.807, 2.05) is 10.7 Å². The predicted molar refractivity (Wildman–Crippen MR) is 59.4 cm³/mol. The summed E-state index contributed by atoms with van der Waals surface area (Å²) in [7, 11) is 0. The normalized spacial score (nSPS) is 31.8.